The van der Waals surface area contributed by atoms with Crippen LogP contribution in [-0.2, 0) is 14.9 Å². The lowest BCUT2D eigenvalue weighted by Gasteiger charge is -1.86. The first-order valence-corrected chi connectivity index (χ1v) is 6.17. The van der Waals surface area contributed by atoms with E-state index < -0.39 is 10.1 Å². The Morgan fingerprint density at radius 3 is 2.13 bits per heavy atom. The number of rotatable bonds is 2. The van der Waals surface area contributed by atoms with Crippen molar-refractivity contribution in [3.05, 3.63) is 35.9 Å². The minimum absolute atomic E-state index is 0.245. The van der Waals surface area contributed by atoms with Crippen molar-refractivity contribution in [1.82, 2.24) is 0 Å². The molecule has 1 aromatic carbocycles. The molecule has 84 valence electrons. The predicted molar refractivity (Wildman–Crippen MR) is 57.3 cm³/mol. The number of benzene rings is 1. The Morgan fingerprint density at radius 1 is 1.40 bits per heavy atom. The average molecular weight is 230 g/mol. The fourth-order valence-electron chi connectivity index (χ4n) is 0.934. The molecule has 0 radical (unpaired) electrons. The first kappa shape index (κ1) is 12.2. The van der Waals surface area contributed by atoms with Crippen LogP contribution < -0.4 is 0 Å². The topological polar surface area (TPSA) is 66.9 Å². The van der Waals surface area contributed by atoms with Crippen LogP contribution in [0.2, 0.25) is 0 Å². The summed E-state index contributed by atoms with van der Waals surface area (Å²) in [5, 5.41) is 0. The summed E-state index contributed by atoms with van der Waals surface area (Å²) in [6.07, 6.45) is -0.245. The zero-order chi connectivity index (χ0) is 11.3. The molecule has 1 aliphatic heterocycles. The largest absolute Gasteiger partial charge is 0.372 e. The number of hydrogen-bond donors (Lipinski definition) is 1. The number of epoxide rings is 1. The summed E-state index contributed by atoms with van der Waals surface area (Å²) in [6.45, 7) is 2.54. The molecule has 1 N–H and O–H groups in total. The molecular formula is C10H14O4S. The van der Waals surface area contributed by atoms with E-state index in [1.807, 2.05) is 18.2 Å². The molecule has 1 unspecified atom stereocenters. The van der Waals surface area contributed by atoms with Gasteiger partial charge in [0.05, 0.1) is 12.7 Å². The monoisotopic (exact) mass is 230 g/mol. The first-order chi connectivity index (χ1) is 6.97. The minimum Gasteiger partial charge on any atom is -0.372 e. The van der Waals surface area contributed by atoms with Gasteiger partial charge in [-0.25, -0.2) is 0 Å². The number of ether oxygens (including phenoxy) is 1. The fraction of sp³-hybridized carbons (Fsp3) is 0.400. The van der Waals surface area contributed by atoms with E-state index in [0.29, 0.717) is 6.61 Å². The van der Waals surface area contributed by atoms with Crippen molar-refractivity contribution in [3.63, 3.8) is 0 Å². The summed E-state index contributed by atoms with van der Waals surface area (Å²) in [7, 11) is -3.79. The van der Waals surface area contributed by atoms with Crippen molar-refractivity contribution in [2.45, 2.75) is 13.0 Å². The second kappa shape index (κ2) is 5.25. The van der Waals surface area contributed by atoms with Crippen molar-refractivity contribution in [2.75, 3.05) is 12.4 Å². The van der Waals surface area contributed by atoms with E-state index in [9.17, 15) is 8.42 Å². The first-order valence-electron chi connectivity index (χ1n) is 4.56. The van der Waals surface area contributed by atoms with Gasteiger partial charge >= 0.3 is 0 Å². The lowest BCUT2D eigenvalue weighted by molar-refractivity contribution is 0.413. The summed E-state index contributed by atoms with van der Waals surface area (Å²) < 4.78 is 32.6. The zero-order valence-electron chi connectivity index (χ0n) is 8.46. The van der Waals surface area contributed by atoms with Gasteiger partial charge in [-0.2, -0.15) is 8.42 Å². The van der Waals surface area contributed by atoms with Gasteiger partial charge in [0.25, 0.3) is 10.1 Å². The Balaban J connectivity index is 0.000000151. The molecule has 0 spiro atoms. The van der Waals surface area contributed by atoms with Gasteiger partial charge in [0, 0.05) is 0 Å². The Hall–Kier alpha value is -0.910. The third-order valence-corrected chi connectivity index (χ3v) is 2.53. The lowest BCUT2D eigenvalue weighted by Crippen LogP contribution is -2.08. The summed E-state index contributed by atoms with van der Waals surface area (Å²) >= 11 is 0. The second-order valence-corrected chi connectivity index (χ2v) is 4.86. The van der Waals surface area contributed by atoms with Crippen LogP contribution in [0.3, 0.4) is 0 Å². The van der Waals surface area contributed by atoms with Crippen LogP contribution in [0.1, 0.15) is 5.56 Å². The molecule has 1 aliphatic rings. The van der Waals surface area contributed by atoms with E-state index in [0.717, 1.165) is 0 Å². The Bertz CT molecular complexity index is 381. The average Bonchev–Trinajstić information content (AvgIpc) is 2.88. The maximum Gasteiger partial charge on any atom is 0.267 e. The molecule has 0 amide bonds. The quantitative estimate of drug-likeness (QED) is 0.613. The molecule has 5 heteroatoms. The van der Waals surface area contributed by atoms with Crippen molar-refractivity contribution >= 4 is 10.1 Å². The summed E-state index contributed by atoms with van der Waals surface area (Å²) in [5.41, 5.74) is 1.32. The summed E-state index contributed by atoms with van der Waals surface area (Å²) in [6, 6.07) is 10.3. The van der Waals surface area contributed by atoms with E-state index in [2.05, 4.69) is 23.8 Å². The molecule has 1 saturated heterocycles. The van der Waals surface area contributed by atoms with Crippen molar-refractivity contribution in [1.29, 1.82) is 0 Å². The number of aryl methyl sites for hydroxylation is 1. The van der Waals surface area contributed by atoms with Crippen molar-refractivity contribution in [2.24, 2.45) is 0 Å². The highest BCUT2D eigenvalue weighted by molar-refractivity contribution is 7.85. The number of hydrogen-bond acceptors (Lipinski definition) is 3. The molecular weight excluding hydrogens is 216 g/mol. The van der Waals surface area contributed by atoms with Crippen LogP contribution in [0.15, 0.2) is 30.3 Å². The molecule has 0 aromatic heterocycles. The fourth-order valence-corrected chi connectivity index (χ4v) is 1.60. The van der Waals surface area contributed by atoms with Gasteiger partial charge in [0.2, 0.25) is 0 Å². The lowest BCUT2D eigenvalue weighted by atomic mass is 10.2. The SMILES string of the molecule is Cc1ccccc1.O=S(=O)(O)CC1CO1. The van der Waals surface area contributed by atoms with Crippen LogP contribution >= 0.6 is 0 Å². The van der Waals surface area contributed by atoms with Gasteiger partial charge < -0.3 is 4.74 Å². The smallest absolute Gasteiger partial charge is 0.267 e. The maximum absolute atomic E-state index is 9.96. The molecule has 2 rings (SSSR count). The standard InChI is InChI=1S/C7H8.C3H6O4S/c1-7-5-3-2-4-6-7;4-8(5,6)2-3-1-7-3/h2-6H,1H3;3H,1-2H2,(H,4,5,6). The molecule has 0 saturated carbocycles. The summed E-state index contributed by atoms with van der Waals surface area (Å²) in [4.78, 5) is 0. The molecule has 1 fully saturated rings. The molecule has 1 heterocycles. The normalized spacial score (nSPS) is 18.9. The van der Waals surface area contributed by atoms with E-state index in [4.69, 9.17) is 4.55 Å². The van der Waals surface area contributed by atoms with Gasteiger partial charge in [0.1, 0.15) is 5.75 Å². The molecule has 4 nitrogen and oxygen atoms in total. The van der Waals surface area contributed by atoms with E-state index in [-0.39, 0.29) is 11.9 Å². The van der Waals surface area contributed by atoms with Gasteiger partial charge in [-0.05, 0) is 6.92 Å². The summed E-state index contributed by atoms with van der Waals surface area (Å²) in [5.74, 6) is -0.257. The van der Waals surface area contributed by atoms with Crippen LogP contribution in [-0.4, -0.2) is 31.4 Å². The molecule has 1 atom stereocenters. The van der Waals surface area contributed by atoms with Crippen LogP contribution in [0, 0.1) is 6.92 Å². The van der Waals surface area contributed by atoms with Gasteiger partial charge in [-0.1, -0.05) is 35.9 Å². The van der Waals surface area contributed by atoms with Gasteiger partial charge in [-0.15, -0.1) is 0 Å². The van der Waals surface area contributed by atoms with Crippen LogP contribution in [0.4, 0.5) is 0 Å². The predicted octanol–water partition coefficient (Wildman–Crippen LogP) is 1.27. The van der Waals surface area contributed by atoms with Crippen molar-refractivity contribution < 1.29 is 17.7 Å². The minimum atomic E-state index is -3.79. The zero-order valence-corrected chi connectivity index (χ0v) is 9.28. The van der Waals surface area contributed by atoms with E-state index in [1.165, 1.54) is 5.56 Å². The third-order valence-electron chi connectivity index (χ3n) is 1.74. The van der Waals surface area contributed by atoms with Crippen LogP contribution in [0.5, 0.6) is 0 Å². The highest BCUT2D eigenvalue weighted by Gasteiger charge is 2.27. The molecule has 0 bridgehead atoms. The molecule has 15 heavy (non-hydrogen) atoms. The highest BCUT2D eigenvalue weighted by atomic mass is 32.2. The van der Waals surface area contributed by atoms with Crippen molar-refractivity contribution in [3.8, 4) is 0 Å². The highest BCUT2D eigenvalue weighted by Crippen LogP contribution is 2.09. The maximum atomic E-state index is 9.96. The van der Waals surface area contributed by atoms with E-state index >= 15 is 0 Å². The Morgan fingerprint density at radius 2 is 1.93 bits per heavy atom. The Labute approximate surface area is 89.6 Å². The molecule has 1 aromatic rings. The van der Waals surface area contributed by atoms with Gasteiger partial charge in [0.15, 0.2) is 0 Å². The van der Waals surface area contributed by atoms with Crippen LogP contribution in [0.25, 0.3) is 0 Å². The van der Waals surface area contributed by atoms with Gasteiger partial charge in [-0.3, -0.25) is 4.55 Å². The Kier molecular flexibility index (Phi) is 4.26. The second-order valence-electron chi connectivity index (χ2n) is 3.36. The molecule has 0 aliphatic carbocycles. The third kappa shape index (κ3) is 7.07. The van der Waals surface area contributed by atoms with E-state index in [1.54, 1.807) is 0 Å².